The van der Waals surface area contributed by atoms with Crippen molar-refractivity contribution in [3.63, 3.8) is 0 Å². The Hall–Kier alpha value is -1.32. The van der Waals surface area contributed by atoms with Gasteiger partial charge in [0.1, 0.15) is 6.10 Å². The van der Waals surface area contributed by atoms with Gasteiger partial charge in [-0.05, 0) is 98.4 Å². The molecule has 4 aliphatic rings. The Labute approximate surface area is 163 Å². The zero-order valence-electron chi connectivity index (χ0n) is 17.3. The second-order valence-electron chi connectivity index (χ2n) is 10.2. The molecule has 3 fully saturated rings. The van der Waals surface area contributed by atoms with Gasteiger partial charge in [0.05, 0.1) is 5.71 Å². The Balaban J connectivity index is 1.54. The van der Waals surface area contributed by atoms with E-state index in [0.717, 1.165) is 36.8 Å². The Morgan fingerprint density at radius 1 is 1.15 bits per heavy atom. The smallest absolute Gasteiger partial charge is 0.302 e. The van der Waals surface area contributed by atoms with Crippen molar-refractivity contribution in [2.45, 2.75) is 85.2 Å². The topological polar surface area (TPSA) is 58.9 Å². The van der Waals surface area contributed by atoms with Crippen molar-refractivity contribution in [2.75, 3.05) is 0 Å². The molecule has 4 rings (SSSR count). The number of fused-ring (bicyclic) bond motifs is 5. The molecule has 150 valence electrons. The van der Waals surface area contributed by atoms with E-state index >= 15 is 0 Å². The molecule has 0 aromatic carbocycles. The average molecular weight is 374 g/mol. The molecule has 0 aliphatic heterocycles. The molecular weight excluding hydrogens is 338 g/mol. The van der Waals surface area contributed by atoms with Crippen LogP contribution in [0.5, 0.6) is 0 Å². The van der Waals surface area contributed by atoms with Gasteiger partial charge in [-0.2, -0.15) is 0 Å². The summed E-state index contributed by atoms with van der Waals surface area (Å²) in [5.74, 6) is 2.81. The van der Waals surface area contributed by atoms with Crippen LogP contribution in [0.2, 0.25) is 0 Å². The summed E-state index contributed by atoms with van der Waals surface area (Å²) in [5, 5.41) is 12.9. The van der Waals surface area contributed by atoms with Gasteiger partial charge in [0, 0.05) is 6.92 Å². The van der Waals surface area contributed by atoms with Gasteiger partial charge >= 0.3 is 5.97 Å². The summed E-state index contributed by atoms with van der Waals surface area (Å²) in [6, 6.07) is 0. The first-order valence-corrected chi connectivity index (χ1v) is 10.9. The lowest BCUT2D eigenvalue weighted by Crippen LogP contribution is -2.54. The van der Waals surface area contributed by atoms with E-state index in [0.29, 0.717) is 17.3 Å². The summed E-state index contributed by atoms with van der Waals surface area (Å²) >= 11 is 0. The quantitative estimate of drug-likeness (QED) is 0.307. The molecule has 0 unspecified atom stereocenters. The second kappa shape index (κ2) is 6.63. The van der Waals surface area contributed by atoms with E-state index in [4.69, 9.17) is 4.74 Å². The minimum absolute atomic E-state index is 0.129. The molecule has 0 saturated heterocycles. The zero-order valence-corrected chi connectivity index (χ0v) is 17.3. The molecule has 0 spiro atoms. The highest BCUT2D eigenvalue weighted by Crippen LogP contribution is 2.66. The van der Waals surface area contributed by atoms with Crippen LogP contribution in [0.4, 0.5) is 0 Å². The lowest BCUT2D eigenvalue weighted by Gasteiger charge is -2.60. The summed E-state index contributed by atoms with van der Waals surface area (Å²) < 4.78 is 5.58. The molecule has 0 amide bonds. The maximum absolute atomic E-state index is 11.4. The van der Waals surface area contributed by atoms with E-state index in [-0.39, 0.29) is 17.5 Å². The van der Waals surface area contributed by atoms with Gasteiger partial charge in [0.25, 0.3) is 0 Å². The highest BCUT2D eigenvalue weighted by molar-refractivity contribution is 5.99. The molecule has 0 aromatic rings. The van der Waals surface area contributed by atoms with Gasteiger partial charge < -0.3 is 9.94 Å². The van der Waals surface area contributed by atoms with Crippen molar-refractivity contribution >= 4 is 11.7 Å². The van der Waals surface area contributed by atoms with Gasteiger partial charge in [0.15, 0.2) is 0 Å². The van der Waals surface area contributed by atoms with Crippen molar-refractivity contribution < 1.29 is 14.7 Å². The van der Waals surface area contributed by atoms with Crippen LogP contribution in [0.1, 0.15) is 79.1 Å². The predicted molar refractivity (Wildman–Crippen MR) is 106 cm³/mol. The fraction of sp³-hybridized carbons (Fsp3) is 0.826. The second-order valence-corrected chi connectivity index (χ2v) is 10.2. The lowest BCUT2D eigenvalue weighted by molar-refractivity contribution is -0.158. The largest absolute Gasteiger partial charge is 0.463 e. The number of hydrogen-bond donors (Lipinski definition) is 1. The van der Waals surface area contributed by atoms with Gasteiger partial charge in [-0.3, -0.25) is 4.79 Å². The number of hydrogen-bond acceptors (Lipinski definition) is 4. The molecule has 0 heterocycles. The maximum Gasteiger partial charge on any atom is 0.302 e. The van der Waals surface area contributed by atoms with Crippen LogP contribution in [0.25, 0.3) is 0 Å². The first kappa shape index (κ1) is 19.0. The zero-order chi connectivity index (χ0) is 19.4. The third-order valence-corrected chi connectivity index (χ3v) is 9.07. The number of nitrogens with zero attached hydrogens (tertiary/aromatic N) is 1. The predicted octanol–water partition coefficient (Wildman–Crippen LogP) is 5.35. The Morgan fingerprint density at radius 3 is 2.63 bits per heavy atom. The van der Waals surface area contributed by atoms with Crippen molar-refractivity contribution in [2.24, 2.45) is 39.7 Å². The molecule has 1 N–H and O–H groups in total. The normalized spacial score (nSPS) is 46.7. The summed E-state index contributed by atoms with van der Waals surface area (Å²) in [7, 11) is 0. The summed E-state index contributed by atoms with van der Waals surface area (Å²) in [6.45, 7) is 8.42. The van der Waals surface area contributed by atoms with E-state index in [1.807, 2.05) is 6.92 Å². The molecule has 4 nitrogen and oxygen atoms in total. The van der Waals surface area contributed by atoms with Crippen molar-refractivity contribution in [1.29, 1.82) is 0 Å². The SMILES string of the molecule is CC(=O)O[C@@H]1CC[C@@]2(C)[C@@H](CC[C@H]3[C@H]2CC[C@@]2(C)C(/C(C)=N\O)=CC[C@H]32)C1. The van der Waals surface area contributed by atoms with Crippen LogP contribution in [-0.2, 0) is 9.53 Å². The van der Waals surface area contributed by atoms with Gasteiger partial charge in [-0.1, -0.05) is 25.1 Å². The number of ether oxygens (including phenoxy) is 1. The minimum atomic E-state index is -0.129. The first-order chi connectivity index (χ1) is 12.8. The highest BCUT2D eigenvalue weighted by Gasteiger charge is 2.59. The van der Waals surface area contributed by atoms with Crippen LogP contribution >= 0.6 is 0 Å². The van der Waals surface area contributed by atoms with Crippen molar-refractivity contribution in [1.82, 2.24) is 0 Å². The van der Waals surface area contributed by atoms with Crippen LogP contribution in [0.15, 0.2) is 16.8 Å². The third kappa shape index (κ3) is 2.86. The number of esters is 1. The van der Waals surface area contributed by atoms with Crippen LogP contribution in [-0.4, -0.2) is 23.0 Å². The first-order valence-electron chi connectivity index (χ1n) is 10.9. The average Bonchev–Trinajstić information content (AvgIpc) is 2.98. The van der Waals surface area contributed by atoms with Crippen LogP contribution in [0, 0.1) is 34.5 Å². The van der Waals surface area contributed by atoms with E-state index in [2.05, 4.69) is 25.1 Å². The van der Waals surface area contributed by atoms with Crippen LogP contribution in [0.3, 0.4) is 0 Å². The summed E-state index contributed by atoms with van der Waals surface area (Å²) in [5.41, 5.74) is 2.67. The minimum Gasteiger partial charge on any atom is -0.463 e. The number of oxime groups is 1. The van der Waals surface area contributed by atoms with Crippen molar-refractivity contribution in [3.8, 4) is 0 Å². The fourth-order valence-corrected chi connectivity index (χ4v) is 7.74. The molecule has 0 bridgehead atoms. The molecule has 4 aliphatic carbocycles. The van der Waals surface area contributed by atoms with Gasteiger partial charge in [0.2, 0.25) is 0 Å². The Kier molecular flexibility index (Phi) is 4.67. The molecule has 0 aromatic heterocycles. The molecule has 7 atom stereocenters. The Morgan fingerprint density at radius 2 is 1.93 bits per heavy atom. The third-order valence-electron chi connectivity index (χ3n) is 9.07. The molecular formula is C23H35NO3. The highest BCUT2D eigenvalue weighted by atomic mass is 16.5. The number of allylic oxidation sites excluding steroid dienone is 2. The fourth-order valence-electron chi connectivity index (χ4n) is 7.74. The van der Waals surface area contributed by atoms with Gasteiger partial charge in [-0.15, -0.1) is 0 Å². The summed E-state index contributed by atoms with van der Waals surface area (Å²) in [6.07, 6.45) is 11.9. The number of rotatable bonds is 2. The van der Waals surface area contributed by atoms with E-state index < -0.39 is 0 Å². The van der Waals surface area contributed by atoms with E-state index in [1.54, 1.807) is 0 Å². The number of carbonyl (C=O) groups is 1. The van der Waals surface area contributed by atoms with Gasteiger partial charge in [-0.25, -0.2) is 0 Å². The van der Waals surface area contributed by atoms with E-state index in [1.165, 1.54) is 44.6 Å². The molecule has 0 radical (unpaired) electrons. The standard InChI is InChI=1S/C23H35NO3/c1-14(24-26)19-7-8-20-18-6-5-16-13-17(27-15(2)25)9-11-22(16,3)21(18)10-12-23(19,20)4/h7,16-18,20-21,26H,5-6,8-13H2,1-4H3/b24-14-/t16-,17+,18+,20+,21+,22-,23-/m0/s1. The molecule has 27 heavy (non-hydrogen) atoms. The van der Waals surface area contributed by atoms with E-state index in [9.17, 15) is 10.0 Å². The molecule has 3 saturated carbocycles. The maximum atomic E-state index is 11.4. The Bertz CT molecular complexity index is 683. The van der Waals surface area contributed by atoms with Crippen LogP contribution < -0.4 is 0 Å². The van der Waals surface area contributed by atoms with Crippen molar-refractivity contribution in [3.05, 3.63) is 11.6 Å². The number of carbonyl (C=O) groups excluding carboxylic acids is 1. The summed E-state index contributed by atoms with van der Waals surface area (Å²) in [4.78, 5) is 11.4. The monoisotopic (exact) mass is 373 g/mol. The molecule has 4 heteroatoms. The lowest BCUT2D eigenvalue weighted by atomic mass is 9.44.